The summed E-state index contributed by atoms with van der Waals surface area (Å²) < 4.78 is 5.14. The molecule has 0 aliphatic carbocycles. The first-order chi connectivity index (χ1) is 10.6. The predicted octanol–water partition coefficient (Wildman–Crippen LogP) is 1.02. The van der Waals surface area contributed by atoms with Crippen LogP contribution < -0.4 is 4.74 Å². The summed E-state index contributed by atoms with van der Waals surface area (Å²) in [6, 6.07) is 6.62. The zero-order valence-electron chi connectivity index (χ0n) is 11.6. The highest BCUT2D eigenvalue weighted by molar-refractivity contribution is 5.77. The van der Waals surface area contributed by atoms with Crippen molar-refractivity contribution in [3.05, 3.63) is 28.4 Å². The molecule has 1 aromatic rings. The number of nitro groups is 1. The summed E-state index contributed by atoms with van der Waals surface area (Å²) in [6.45, 7) is -0.0750. The van der Waals surface area contributed by atoms with Gasteiger partial charge in [-0.25, -0.2) is 0 Å². The van der Waals surface area contributed by atoms with Crippen molar-refractivity contribution >= 4 is 11.7 Å². The molecule has 0 N–H and O–H groups in total. The topological polar surface area (TPSA) is 133 Å². The van der Waals surface area contributed by atoms with E-state index in [1.165, 1.54) is 23.2 Å². The molecule has 0 aliphatic heterocycles. The molecule has 1 heterocycles. The Morgan fingerprint density at radius 2 is 2.00 bits per heavy atom. The molecule has 0 aromatic carbocycles. The Morgan fingerprint density at radius 1 is 1.36 bits per heavy atom. The van der Waals surface area contributed by atoms with Crippen molar-refractivity contribution in [2.24, 2.45) is 0 Å². The molecule has 0 spiro atoms. The minimum Gasteiger partial charge on any atom is -0.476 e. The van der Waals surface area contributed by atoms with Crippen LogP contribution in [-0.2, 0) is 4.79 Å². The van der Waals surface area contributed by atoms with Crippen LogP contribution in [0.15, 0.2) is 18.3 Å². The van der Waals surface area contributed by atoms with Crippen LogP contribution in [0.1, 0.15) is 12.8 Å². The Labute approximate surface area is 126 Å². The number of hydrogen-bond acceptors (Lipinski definition) is 7. The second kappa shape index (κ2) is 8.87. The van der Waals surface area contributed by atoms with E-state index in [1.54, 1.807) is 0 Å². The largest absolute Gasteiger partial charge is 0.476 e. The number of carbonyl (C=O) groups excluding carboxylic acids is 1. The van der Waals surface area contributed by atoms with E-state index in [0.29, 0.717) is 0 Å². The second-order valence-electron chi connectivity index (χ2n) is 4.07. The molecule has 1 aromatic heterocycles. The summed E-state index contributed by atoms with van der Waals surface area (Å²) in [5.74, 6) is -1.04. The summed E-state index contributed by atoms with van der Waals surface area (Å²) >= 11 is 0. The molecule has 22 heavy (non-hydrogen) atoms. The van der Waals surface area contributed by atoms with Crippen molar-refractivity contribution in [1.82, 2.24) is 9.88 Å². The first kappa shape index (κ1) is 16.9. The highest BCUT2D eigenvalue weighted by Gasteiger charge is 2.19. The summed E-state index contributed by atoms with van der Waals surface area (Å²) in [4.78, 5) is 27.0. The van der Waals surface area contributed by atoms with Gasteiger partial charge in [-0.2, -0.15) is 10.5 Å². The normalized spacial score (nSPS) is 9.36. The van der Waals surface area contributed by atoms with E-state index < -0.39 is 23.3 Å². The Morgan fingerprint density at radius 3 is 2.55 bits per heavy atom. The van der Waals surface area contributed by atoms with Gasteiger partial charge in [-0.05, 0) is 22.0 Å². The van der Waals surface area contributed by atoms with Crippen LogP contribution in [0, 0.1) is 32.8 Å². The van der Waals surface area contributed by atoms with Crippen molar-refractivity contribution in [1.29, 1.82) is 10.5 Å². The third-order valence-electron chi connectivity index (χ3n) is 2.61. The van der Waals surface area contributed by atoms with Crippen LogP contribution in [0.5, 0.6) is 5.75 Å². The number of ether oxygens (including phenoxy) is 1. The summed E-state index contributed by atoms with van der Waals surface area (Å²) in [5, 5.41) is 27.9. The van der Waals surface area contributed by atoms with Crippen molar-refractivity contribution in [2.45, 2.75) is 12.8 Å². The molecule has 0 bridgehead atoms. The summed E-state index contributed by atoms with van der Waals surface area (Å²) in [5.41, 5.74) is 0. The maximum atomic E-state index is 12.0. The molecular weight excluding hydrogens is 290 g/mol. The Kier molecular flexibility index (Phi) is 6.79. The van der Waals surface area contributed by atoms with E-state index in [4.69, 9.17) is 15.3 Å². The van der Waals surface area contributed by atoms with Crippen LogP contribution in [0.2, 0.25) is 0 Å². The standard InChI is InChI=1S/C13H13N5O4/c14-5-2-8-17(9-3-6-15)12(19)10-22-11-4-1-7-16-13(11)18(20)21/h1,4,7H,2-3,8-10H2. The SMILES string of the molecule is N#CCCN(CCC#N)C(=O)COc1cccnc1[N+](=O)[O-]. The van der Waals surface area contributed by atoms with Crippen molar-refractivity contribution in [3.63, 3.8) is 0 Å². The predicted molar refractivity (Wildman–Crippen MR) is 73.4 cm³/mol. The molecule has 0 saturated heterocycles. The van der Waals surface area contributed by atoms with Crippen molar-refractivity contribution in [3.8, 4) is 17.9 Å². The smallest absolute Gasteiger partial charge is 0.406 e. The zero-order chi connectivity index (χ0) is 16.4. The molecule has 0 saturated carbocycles. The maximum absolute atomic E-state index is 12.0. The molecule has 9 nitrogen and oxygen atoms in total. The number of rotatable bonds is 8. The fourth-order valence-electron chi connectivity index (χ4n) is 1.59. The van der Waals surface area contributed by atoms with Crippen LogP contribution in [0.3, 0.4) is 0 Å². The molecule has 114 valence electrons. The number of nitrogens with zero attached hydrogens (tertiary/aromatic N) is 5. The zero-order valence-corrected chi connectivity index (χ0v) is 11.6. The van der Waals surface area contributed by atoms with Gasteiger partial charge in [-0.1, -0.05) is 0 Å². The third kappa shape index (κ3) is 5.06. The van der Waals surface area contributed by atoms with Gasteiger partial charge in [0.25, 0.3) is 5.91 Å². The number of nitriles is 2. The van der Waals surface area contributed by atoms with Crippen LogP contribution in [-0.4, -0.2) is 40.4 Å². The van der Waals surface area contributed by atoms with Gasteiger partial charge < -0.3 is 19.8 Å². The highest BCUT2D eigenvalue weighted by Crippen LogP contribution is 2.22. The monoisotopic (exact) mass is 303 g/mol. The first-order valence-corrected chi connectivity index (χ1v) is 6.34. The van der Waals surface area contributed by atoms with Crippen LogP contribution in [0.25, 0.3) is 0 Å². The Bertz CT molecular complexity index is 602. The summed E-state index contributed by atoms with van der Waals surface area (Å²) in [6.07, 6.45) is 1.51. The van der Waals surface area contributed by atoms with Gasteiger partial charge >= 0.3 is 5.82 Å². The number of carbonyl (C=O) groups is 1. The molecular formula is C13H13N5O4. The Hall–Kier alpha value is -3.20. The van der Waals surface area contributed by atoms with Gasteiger partial charge in [0.15, 0.2) is 6.61 Å². The average Bonchev–Trinajstić information content (AvgIpc) is 2.53. The number of amides is 1. The number of pyridine rings is 1. The Balaban J connectivity index is 2.68. The van der Waals surface area contributed by atoms with Crippen molar-refractivity contribution in [2.75, 3.05) is 19.7 Å². The van der Waals surface area contributed by atoms with E-state index in [1.807, 2.05) is 12.1 Å². The van der Waals surface area contributed by atoms with E-state index in [0.717, 1.165) is 0 Å². The molecule has 1 rings (SSSR count). The van der Waals surface area contributed by atoms with Crippen molar-refractivity contribution < 1.29 is 14.5 Å². The van der Waals surface area contributed by atoms with E-state index in [-0.39, 0.29) is 31.7 Å². The minimum atomic E-state index is -0.705. The quantitative estimate of drug-likeness (QED) is 0.517. The molecule has 0 unspecified atom stereocenters. The average molecular weight is 303 g/mol. The maximum Gasteiger partial charge on any atom is 0.406 e. The molecule has 1 amide bonds. The fraction of sp³-hybridized carbons (Fsp3) is 0.385. The van der Waals surface area contributed by atoms with Gasteiger partial charge in [-0.15, -0.1) is 0 Å². The lowest BCUT2D eigenvalue weighted by Gasteiger charge is -2.20. The lowest BCUT2D eigenvalue weighted by Crippen LogP contribution is -2.36. The van der Waals surface area contributed by atoms with Gasteiger partial charge in [0, 0.05) is 13.1 Å². The molecule has 0 atom stereocenters. The van der Waals surface area contributed by atoms with Gasteiger partial charge in [0.2, 0.25) is 5.75 Å². The van der Waals surface area contributed by atoms with E-state index in [2.05, 4.69) is 4.98 Å². The number of hydrogen-bond donors (Lipinski definition) is 0. The number of aromatic nitrogens is 1. The third-order valence-corrected chi connectivity index (χ3v) is 2.61. The lowest BCUT2D eigenvalue weighted by atomic mass is 10.3. The van der Waals surface area contributed by atoms with Gasteiger partial charge in [-0.3, -0.25) is 4.79 Å². The lowest BCUT2D eigenvalue weighted by molar-refractivity contribution is -0.390. The molecule has 0 aliphatic rings. The summed E-state index contributed by atoms with van der Waals surface area (Å²) in [7, 11) is 0. The van der Waals surface area contributed by atoms with Crippen LogP contribution >= 0.6 is 0 Å². The minimum absolute atomic E-state index is 0.110. The van der Waals surface area contributed by atoms with E-state index in [9.17, 15) is 14.9 Å². The van der Waals surface area contributed by atoms with Gasteiger partial charge in [0.05, 0.1) is 25.0 Å². The van der Waals surface area contributed by atoms with E-state index >= 15 is 0 Å². The highest BCUT2D eigenvalue weighted by atomic mass is 16.6. The fourth-order valence-corrected chi connectivity index (χ4v) is 1.59. The molecule has 9 heteroatoms. The molecule has 0 radical (unpaired) electrons. The molecule has 0 fully saturated rings. The van der Waals surface area contributed by atoms with Crippen LogP contribution in [0.4, 0.5) is 5.82 Å². The first-order valence-electron chi connectivity index (χ1n) is 6.34. The van der Waals surface area contributed by atoms with Gasteiger partial charge in [0.1, 0.15) is 6.20 Å². The second-order valence-corrected chi connectivity index (χ2v) is 4.07.